The van der Waals surface area contributed by atoms with Crippen LogP contribution in [0.4, 0.5) is 0 Å². The molecule has 0 saturated heterocycles. The third-order valence-corrected chi connectivity index (χ3v) is 1.87. The van der Waals surface area contributed by atoms with Gasteiger partial charge in [-0.15, -0.1) is 11.6 Å². The lowest BCUT2D eigenvalue weighted by atomic mass is 10.1. The van der Waals surface area contributed by atoms with Gasteiger partial charge in [0.2, 0.25) is 0 Å². The van der Waals surface area contributed by atoms with Crippen LogP contribution >= 0.6 is 11.6 Å². The van der Waals surface area contributed by atoms with Gasteiger partial charge < -0.3 is 4.74 Å². The van der Waals surface area contributed by atoms with Gasteiger partial charge in [0.05, 0.1) is 13.2 Å². The highest BCUT2D eigenvalue weighted by atomic mass is 35.5. The van der Waals surface area contributed by atoms with E-state index in [9.17, 15) is 0 Å². The van der Waals surface area contributed by atoms with E-state index >= 15 is 0 Å². The smallest absolute Gasteiger partial charge is 0.145 e. The van der Waals surface area contributed by atoms with Crippen molar-refractivity contribution >= 4 is 11.6 Å². The molecule has 0 radical (unpaired) electrons. The number of ether oxygens (including phenoxy) is 1. The molecule has 0 fully saturated rings. The Morgan fingerprint density at radius 2 is 2.00 bits per heavy atom. The zero-order chi connectivity index (χ0) is 8.97. The van der Waals surface area contributed by atoms with Crippen molar-refractivity contribution in [1.82, 2.24) is 0 Å². The van der Waals surface area contributed by atoms with Crippen LogP contribution in [0.1, 0.15) is 10.9 Å². The average molecular weight is 182 g/mol. The second kappa shape index (κ2) is 3.99. The first-order valence-corrected chi connectivity index (χ1v) is 3.89. The second-order valence-electron chi connectivity index (χ2n) is 2.26. The quantitative estimate of drug-likeness (QED) is 0.657. The lowest BCUT2D eigenvalue weighted by Crippen LogP contribution is -1.87. The van der Waals surface area contributed by atoms with E-state index in [-0.39, 0.29) is 0 Å². The Labute approximate surface area is 76.3 Å². The highest BCUT2D eigenvalue weighted by Crippen LogP contribution is 2.21. The molecule has 1 rings (SSSR count). The normalized spacial score (nSPS) is 11.8. The maximum absolute atomic E-state index is 8.50. The van der Waals surface area contributed by atoms with Crippen molar-refractivity contribution in [2.75, 3.05) is 7.11 Å². The Kier molecular flexibility index (Phi) is 2.95. The number of benzene rings is 1. The third-order valence-electron chi connectivity index (χ3n) is 1.52. The van der Waals surface area contributed by atoms with E-state index in [0.717, 1.165) is 11.3 Å². The van der Waals surface area contributed by atoms with Gasteiger partial charge in [0.25, 0.3) is 0 Å². The summed E-state index contributed by atoms with van der Waals surface area (Å²) in [7, 11) is 1.59. The molecule has 1 aromatic carbocycles. The molecule has 0 aliphatic carbocycles. The fraction of sp³-hybridized carbons (Fsp3) is 0.222. The van der Waals surface area contributed by atoms with Gasteiger partial charge in [-0.25, -0.2) is 0 Å². The van der Waals surface area contributed by atoms with Crippen LogP contribution in [-0.2, 0) is 0 Å². The van der Waals surface area contributed by atoms with Crippen molar-refractivity contribution < 1.29 is 4.74 Å². The van der Waals surface area contributed by atoms with Gasteiger partial charge >= 0.3 is 0 Å². The minimum absolute atomic E-state index is 0.573. The average Bonchev–Trinajstić information content (AvgIpc) is 2.17. The maximum Gasteiger partial charge on any atom is 0.145 e. The summed E-state index contributed by atoms with van der Waals surface area (Å²) in [5, 5.41) is 7.93. The molecule has 0 bridgehead atoms. The molecule has 2 nitrogen and oxygen atoms in total. The molecule has 0 N–H and O–H groups in total. The molecule has 0 aromatic heterocycles. The molecule has 0 aliphatic rings. The molecule has 62 valence electrons. The molecule has 3 heteroatoms. The van der Waals surface area contributed by atoms with Crippen LogP contribution in [0.25, 0.3) is 0 Å². The van der Waals surface area contributed by atoms with Crippen LogP contribution in [-0.4, -0.2) is 7.11 Å². The second-order valence-corrected chi connectivity index (χ2v) is 2.70. The molecule has 0 spiro atoms. The summed E-state index contributed by atoms with van der Waals surface area (Å²) in [5.41, 5.74) is 0.792. The molecular weight excluding hydrogens is 174 g/mol. The van der Waals surface area contributed by atoms with Crippen LogP contribution in [0.5, 0.6) is 5.75 Å². The molecule has 0 aliphatic heterocycles. The lowest BCUT2D eigenvalue weighted by molar-refractivity contribution is 0.414. The van der Waals surface area contributed by atoms with Crippen molar-refractivity contribution in [3.05, 3.63) is 29.8 Å². The molecule has 1 aromatic rings. The van der Waals surface area contributed by atoms with Crippen LogP contribution < -0.4 is 4.74 Å². The lowest BCUT2D eigenvalue weighted by Gasteiger charge is -2.02. The van der Waals surface area contributed by atoms with Crippen molar-refractivity contribution in [2.24, 2.45) is 0 Å². The minimum Gasteiger partial charge on any atom is -0.497 e. The minimum atomic E-state index is -0.573. The van der Waals surface area contributed by atoms with Gasteiger partial charge in [0, 0.05) is 0 Å². The summed E-state index contributed by atoms with van der Waals surface area (Å²) in [6.45, 7) is 0. The number of rotatable bonds is 2. The largest absolute Gasteiger partial charge is 0.497 e. The van der Waals surface area contributed by atoms with Gasteiger partial charge in [-0.2, -0.15) is 5.26 Å². The Morgan fingerprint density at radius 1 is 1.42 bits per heavy atom. The number of hydrogen-bond donors (Lipinski definition) is 0. The number of alkyl halides is 1. The zero-order valence-electron chi connectivity index (χ0n) is 6.62. The Morgan fingerprint density at radius 3 is 2.42 bits per heavy atom. The third kappa shape index (κ3) is 1.90. The van der Waals surface area contributed by atoms with E-state index in [4.69, 9.17) is 21.6 Å². The predicted octanol–water partition coefficient (Wildman–Crippen LogP) is 2.50. The fourth-order valence-electron chi connectivity index (χ4n) is 0.847. The monoisotopic (exact) mass is 181 g/mol. The Balaban J connectivity index is 2.86. The van der Waals surface area contributed by atoms with E-state index in [1.165, 1.54) is 0 Å². The number of hydrogen-bond acceptors (Lipinski definition) is 2. The van der Waals surface area contributed by atoms with Gasteiger partial charge in [-0.1, -0.05) is 12.1 Å². The van der Waals surface area contributed by atoms with Crippen molar-refractivity contribution in [3.63, 3.8) is 0 Å². The first kappa shape index (κ1) is 8.89. The summed E-state index contributed by atoms with van der Waals surface area (Å²) >= 11 is 5.68. The maximum atomic E-state index is 8.50. The van der Waals surface area contributed by atoms with Gasteiger partial charge in [-0.3, -0.25) is 0 Å². The standard InChI is InChI=1S/C9H8ClNO/c1-12-8-4-2-7(3-5-8)9(10)6-11/h2-5,9H,1H3/t9-/m1/s1. The molecule has 0 saturated carbocycles. The highest BCUT2D eigenvalue weighted by molar-refractivity contribution is 6.22. The zero-order valence-corrected chi connectivity index (χ0v) is 7.38. The highest BCUT2D eigenvalue weighted by Gasteiger charge is 2.04. The Hall–Kier alpha value is -1.20. The number of nitrogens with zero attached hydrogens (tertiary/aromatic N) is 1. The van der Waals surface area contributed by atoms with Crippen molar-refractivity contribution in [2.45, 2.75) is 5.38 Å². The van der Waals surface area contributed by atoms with Gasteiger partial charge in [0.15, 0.2) is 0 Å². The van der Waals surface area contributed by atoms with Crippen molar-refractivity contribution in [3.8, 4) is 11.8 Å². The van der Waals surface area contributed by atoms with Crippen LogP contribution in [0.15, 0.2) is 24.3 Å². The van der Waals surface area contributed by atoms with Crippen LogP contribution in [0.2, 0.25) is 0 Å². The van der Waals surface area contributed by atoms with Crippen molar-refractivity contribution in [1.29, 1.82) is 5.26 Å². The number of nitriles is 1. The van der Waals surface area contributed by atoms with E-state index in [1.54, 1.807) is 31.4 Å². The molecule has 0 heterocycles. The fourth-order valence-corrected chi connectivity index (χ4v) is 0.993. The van der Waals surface area contributed by atoms with Gasteiger partial charge in [-0.05, 0) is 17.7 Å². The molecule has 12 heavy (non-hydrogen) atoms. The van der Waals surface area contributed by atoms with E-state index < -0.39 is 5.38 Å². The molecular formula is C9H8ClNO. The topological polar surface area (TPSA) is 33.0 Å². The van der Waals surface area contributed by atoms with Crippen LogP contribution in [0.3, 0.4) is 0 Å². The molecule has 1 atom stereocenters. The summed E-state index contributed by atoms with van der Waals surface area (Å²) in [6, 6.07) is 9.06. The molecule has 0 unspecified atom stereocenters. The number of methoxy groups -OCH3 is 1. The SMILES string of the molecule is COc1ccc([C@H](Cl)C#N)cc1. The number of halogens is 1. The van der Waals surface area contributed by atoms with E-state index in [2.05, 4.69) is 0 Å². The summed E-state index contributed by atoms with van der Waals surface area (Å²) in [5.74, 6) is 0.764. The van der Waals surface area contributed by atoms with Gasteiger partial charge in [0.1, 0.15) is 11.1 Å². The predicted molar refractivity (Wildman–Crippen MR) is 47.2 cm³/mol. The van der Waals surface area contributed by atoms with E-state index in [1.807, 2.05) is 6.07 Å². The van der Waals surface area contributed by atoms with Crippen LogP contribution in [0, 0.1) is 11.3 Å². The summed E-state index contributed by atoms with van der Waals surface area (Å²) < 4.78 is 4.96. The molecule has 0 amide bonds. The summed E-state index contributed by atoms with van der Waals surface area (Å²) in [6.07, 6.45) is 0. The first-order chi connectivity index (χ1) is 5.77. The summed E-state index contributed by atoms with van der Waals surface area (Å²) in [4.78, 5) is 0. The first-order valence-electron chi connectivity index (χ1n) is 3.45. The Bertz CT molecular complexity index is 288. The van der Waals surface area contributed by atoms with E-state index in [0.29, 0.717) is 0 Å².